The van der Waals surface area contributed by atoms with Crippen LogP contribution in [0, 0.1) is 35.5 Å². The van der Waals surface area contributed by atoms with Crippen molar-refractivity contribution in [3.63, 3.8) is 0 Å². The quantitative estimate of drug-likeness (QED) is 0.129. The van der Waals surface area contributed by atoms with E-state index in [-0.39, 0.29) is 42.3 Å². The first-order valence-electron chi connectivity index (χ1n) is 21.0. The van der Waals surface area contributed by atoms with Gasteiger partial charge in [0.05, 0.1) is 49.8 Å². The molecule has 3 aliphatic heterocycles. The van der Waals surface area contributed by atoms with E-state index in [1.807, 2.05) is 65.8 Å². The maximum Gasteiger partial charge on any atom is 0.373 e. The summed E-state index contributed by atoms with van der Waals surface area (Å²) in [5, 5.41) is 67.8. The van der Waals surface area contributed by atoms with E-state index in [9.17, 15) is 35.4 Å². The van der Waals surface area contributed by atoms with E-state index in [0.717, 1.165) is 5.57 Å². The van der Waals surface area contributed by atoms with Crippen LogP contribution >= 0.6 is 0 Å². The monoisotopic (exact) mass is 823 g/mol. The number of carbonyl (C=O) groups is 1. The largest absolute Gasteiger partial charge is 0.490 e. The molecule has 3 aliphatic rings. The number of methoxy groups -OCH3 is 2. The topological polar surface area (TPSA) is 194 Å². The lowest BCUT2D eigenvalue weighted by Gasteiger charge is -2.49. The summed E-state index contributed by atoms with van der Waals surface area (Å²) < 4.78 is 36.1. The van der Waals surface area contributed by atoms with E-state index in [2.05, 4.69) is 0 Å². The van der Waals surface area contributed by atoms with Gasteiger partial charge < -0.3 is 59.1 Å². The van der Waals surface area contributed by atoms with Gasteiger partial charge in [-0.3, -0.25) is 0 Å². The van der Waals surface area contributed by atoms with E-state index in [1.54, 1.807) is 39.8 Å². The van der Waals surface area contributed by atoms with E-state index < -0.39 is 90.9 Å². The number of esters is 1. The van der Waals surface area contributed by atoms with Gasteiger partial charge in [-0.15, -0.1) is 0 Å². The minimum Gasteiger partial charge on any atom is -0.490 e. The van der Waals surface area contributed by atoms with Gasteiger partial charge in [0.25, 0.3) is 0 Å². The van der Waals surface area contributed by atoms with Crippen molar-refractivity contribution in [1.29, 1.82) is 0 Å². The highest BCUT2D eigenvalue weighted by molar-refractivity contribution is 5.87. The predicted octanol–water partition coefficient (Wildman–Crippen LogP) is 4.88. The number of hydrogen-bond acceptors (Lipinski definition) is 13. The van der Waals surface area contributed by atoms with Crippen LogP contribution in [0.2, 0.25) is 0 Å². The first-order valence-corrected chi connectivity index (χ1v) is 21.0. The van der Waals surface area contributed by atoms with Crippen molar-refractivity contribution in [3.8, 4) is 0 Å². The third-order valence-electron chi connectivity index (χ3n) is 12.5. The summed E-state index contributed by atoms with van der Waals surface area (Å²) >= 11 is 0. The number of allylic oxidation sites excluding steroid dienone is 6. The Morgan fingerprint density at radius 2 is 1.71 bits per heavy atom. The molecular formula is C45H74O13. The number of cyclic esters (lactones) is 1. The molecule has 6 N–H and O–H groups in total. The molecule has 3 heterocycles. The number of carbonyl (C=O) groups excluding carboxylic acids is 1. The highest BCUT2D eigenvalue weighted by Gasteiger charge is 2.52. The Hall–Kier alpha value is -2.43. The molecule has 0 saturated carbocycles. The van der Waals surface area contributed by atoms with Crippen LogP contribution in [0.4, 0.5) is 0 Å². The second-order valence-corrected chi connectivity index (χ2v) is 17.1. The van der Waals surface area contributed by atoms with Gasteiger partial charge >= 0.3 is 5.97 Å². The van der Waals surface area contributed by atoms with Crippen LogP contribution in [-0.4, -0.2) is 124 Å². The van der Waals surface area contributed by atoms with Crippen LogP contribution in [0.25, 0.3) is 0 Å². The van der Waals surface area contributed by atoms with Crippen LogP contribution in [0.5, 0.6) is 0 Å². The molecule has 332 valence electrons. The predicted molar refractivity (Wildman–Crippen MR) is 220 cm³/mol. The Kier molecular flexibility index (Phi) is 19.3. The van der Waals surface area contributed by atoms with Crippen LogP contribution < -0.4 is 0 Å². The van der Waals surface area contributed by atoms with Crippen molar-refractivity contribution < 1.29 is 63.9 Å². The second-order valence-electron chi connectivity index (χ2n) is 17.1. The average molecular weight is 823 g/mol. The van der Waals surface area contributed by atoms with Gasteiger partial charge in [0.15, 0.2) is 12.1 Å². The molecule has 13 heteroatoms. The fraction of sp³-hybridized carbons (Fsp3) is 0.756. The molecule has 0 aromatic carbocycles. The van der Waals surface area contributed by atoms with Crippen molar-refractivity contribution in [2.75, 3.05) is 14.2 Å². The van der Waals surface area contributed by atoms with Crippen molar-refractivity contribution in [3.05, 3.63) is 59.4 Å². The average Bonchev–Trinajstić information content (AvgIpc) is 3.17. The van der Waals surface area contributed by atoms with Crippen LogP contribution in [-0.2, 0) is 33.2 Å². The van der Waals surface area contributed by atoms with Crippen molar-refractivity contribution in [2.24, 2.45) is 35.5 Å². The minimum atomic E-state index is -1.93. The Morgan fingerprint density at radius 1 is 1.03 bits per heavy atom. The molecule has 0 bridgehead atoms. The molecule has 2 fully saturated rings. The maximum atomic E-state index is 13.9. The number of rotatable bonds is 10. The minimum absolute atomic E-state index is 0.0414. The van der Waals surface area contributed by atoms with Gasteiger partial charge in [-0.1, -0.05) is 89.1 Å². The summed E-state index contributed by atoms with van der Waals surface area (Å²) in [6, 6.07) is 0. The number of ether oxygens (including phenoxy) is 6. The third kappa shape index (κ3) is 12.6. The third-order valence-corrected chi connectivity index (χ3v) is 12.5. The fourth-order valence-corrected chi connectivity index (χ4v) is 8.64. The van der Waals surface area contributed by atoms with E-state index in [4.69, 9.17) is 28.4 Å². The Balaban J connectivity index is 2.02. The zero-order chi connectivity index (χ0) is 43.6. The molecule has 3 rings (SSSR count). The Bertz CT molecular complexity index is 1450. The summed E-state index contributed by atoms with van der Waals surface area (Å²) in [5.41, 5.74) is 1.61. The molecule has 18 atom stereocenters. The summed E-state index contributed by atoms with van der Waals surface area (Å²) in [6.45, 7) is 18.3. The van der Waals surface area contributed by atoms with Crippen LogP contribution in [0.1, 0.15) is 94.9 Å². The normalized spacial score (nSPS) is 43.3. The molecule has 13 nitrogen and oxygen atoms in total. The first-order chi connectivity index (χ1) is 27.2. The van der Waals surface area contributed by atoms with Gasteiger partial charge in [-0.25, -0.2) is 4.79 Å². The summed E-state index contributed by atoms with van der Waals surface area (Å²) in [5.74, 6) is -5.78. The zero-order valence-corrected chi connectivity index (χ0v) is 36.7. The van der Waals surface area contributed by atoms with Gasteiger partial charge in [0.2, 0.25) is 5.76 Å². The van der Waals surface area contributed by atoms with Crippen LogP contribution in [0.3, 0.4) is 0 Å². The highest BCUT2D eigenvalue weighted by Crippen LogP contribution is 2.42. The molecule has 2 saturated heterocycles. The number of aliphatic hydroxyl groups is 6. The Labute approximate surface area is 346 Å². The molecule has 2 unspecified atom stereocenters. The molecule has 0 aromatic rings. The summed E-state index contributed by atoms with van der Waals surface area (Å²) in [6.07, 6.45) is 3.82. The zero-order valence-electron chi connectivity index (χ0n) is 36.7. The molecule has 0 aromatic heterocycles. The van der Waals surface area contributed by atoms with E-state index in [1.165, 1.54) is 20.3 Å². The number of hydrogen-bond donors (Lipinski definition) is 6. The summed E-state index contributed by atoms with van der Waals surface area (Å²) in [4.78, 5) is 13.9. The first kappa shape index (κ1) is 49.9. The van der Waals surface area contributed by atoms with E-state index >= 15 is 0 Å². The van der Waals surface area contributed by atoms with Gasteiger partial charge in [0.1, 0.15) is 18.3 Å². The van der Waals surface area contributed by atoms with Crippen molar-refractivity contribution in [1.82, 2.24) is 0 Å². The Morgan fingerprint density at radius 3 is 2.29 bits per heavy atom. The van der Waals surface area contributed by atoms with E-state index in [0.29, 0.717) is 18.4 Å². The van der Waals surface area contributed by atoms with Gasteiger partial charge in [-0.05, 0) is 52.5 Å². The summed E-state index contributed by atoms with van der Waals surface area (Å²) in [7, 11) is 2.83. The standard InChI is InChI=1S/C45H74O13/c1-13-16-34-28(7)37(56-38-22-33(46)42(50)31(10)55-38)23-45(52,58-34)30(9)41(49)29(8)43-35(53-11)18-15-17-24(3)19-26(5)39(47)32(14-2)40(48)27(6)20-25(4)21-36(54-12)44(51)57-43/h13,15-18,20-21,26-35,37-43,46-50,52H,14,19,22-23H2,1-12H3/b16-13+,18-15?,24-17+,25-20+,36-21-/t26-,27-,28-,29+,30+,31-,32?,33-,34-,35+,37-,38+,39+,40-,41-,42-,43?,45-/m1/s1. The lowest BCUT2D eigenvalue weighted by molar-refractivity contribution is -0.339. The van der Waals surface area contributed by atoms with Crippen molar-refractivity contribution in [2.45, 2.75) is 168 Å². The highest BCUT2D eigenvalue weighted by atomic mass is 16.7. The van der Waals surface area contributed by atoms with Gasteiger partial charge in [-0.2, -0.15) is 0 Å². The SMILES string of the molecule is C/C=C/[C@H]1O[C@@](O)([C@@H](C)[C@H](O)[C@H](C)C2OC(=O)/C(OC)=C/C(C)=C/[C@@H](C)[C@@H](O)C(CC)[C@@H](O)[C@H](C)C/C(C)=C/C=C[C@@H]2OC)C[C@@H](O[C@H]2C[C@@H](O)[C@H](O)[C@@H](C)O2)[C@@H]1C. The maximum absolute atomic E-state index is 13.9. The van der Waals surface area contributed by atoms with Crippen LogP contribution in [0.15, 0.2) is 59.4 Å². The lowest BCUT2D eigenvalue weighted by Crippen LogP contribution is -2.59. The molecule has 58 heavy (non-hydrogen) atoms. The fourth-order valence-electron chi connectivity index (χ4n) is 8.64. The molecule has 0 amide bonds. The smallest absolute Gasteiger partial charge is 0.373 e. The molecule has 0 spiro atoms. The molecular weight excluding hydrogens is 748 g/mol. The number of aliphatic hydroxyl groups excluding tert-OH is 5. The molecule has 0 radical (unpaired) electrons. The van der Waals surface area contributed by atoms with Crippen molar-refractivity contribution >= 4 is 5.97 Å². The van der Waals surface area contributed by atoms with Gasteiger partial charge in [0, 0.05) is 49.5 Å². The second kappa shape index (κ2) is 22.4. The lowest BCUT2D eigenvalue weighted by atomic mass is 9.77. The molecule has 0 aliphatic carbocycles.